The molecule has 23 heavy (non-hydrogen) atoms. The van der Waals surface area contributed by atoms with Crippen LogP contribution in [0, 0.1) is 10.1 Å². The Morgan fingerprint density at radius 2 is 1.78 bits per heavy atom. The summed E-state index contributed by atoms with van der Waals surface area (Å²) in [7, 11) is 0. The van der Waals surface area contributed by atoms with Crippen LogP contribution in [0.25, 0.3) is 0 Å². The Labute approximate surface area is 129 Å². The zero-order valence-electron chi connectivity index (χ0n) is 11.5. The van der Waals surface area contributed by atoms with E-state index >= 15 is 0 Å². The van der Waals surface area contributed by atoms with Crippen molar-refractivity contribution in [1.29, 1.82) is 0 Å². The first-order valence-corrected chi connectivity index (χ1v) is 6.21. The van der Waals surface area contributed by atoms with Gasteiger partial charge in [-0.2, -0.15) is 5.10 Å². The van der Waals surface area contributed by atoms with Gasteiger partial charge in [-0.25, -0.2) is 5.43 Å². The first-order chi connectivity index (χ1) is 10.9. The monoisotopic (exact) mass is 317 g/mol. The standard InChI is InChI=1S/C14H11N3O6/c18-10-3-1-8(2-4-10)14(21)16-15-7-9-5-11(17(22)23)13(20)6-12(9)19/h1-7,18-20H,(H,16,21)/b15-7+. The molecular formula is C14H11N3O6. The number of nitro benzene ring substituents is 1. The van der Waals surface area contributed by atoms with E-state index in [4.69, 9.17) is 5.11 Å². The van der Waals surface area contributed by atoms with Gasteiger partial charge in [-0.1, -0.05) is 0 Å². The fourth-order valence-electron chi connectivity index (χ4n) is 1.67. The van der Waals surface area contributed by atoms with Crippen molar-refractivity contribution in [2.24, 2.45) is 5.10 Å². The van der Waals surface area contributed by atoms with Gasteiger partial charge in [0.25, 0.3) is 5.91 Å². The largest absolute Gasteiger partial charge is 0.508 e. The SMILES string of the molecule is O=C(N/N=C/c1cc([N+](=O)[O-])c(O)cc1O)c1ccc(O)cc1. The first kappa shape index (κ1) is 15.8. The molecule has 0 atom stereocenters. The summed E-state index contributed by atoms with van der Waals surface area (Å²) in [6, 6.07) is 7.13. The molecule has 0 bridgehead atoms. The number of rotatable bonds is 4. The minimum absolute atomic E-state index is 0.00590. The molecule has 9 heteroatoms. The highest BCUT2D eigenvalue weighted by atomic mass is 16.6. The van der Waals surface area contributed by atoms with Crippen molar-refractivity contribution in [2.75, 3.05) is 0 Å². The molecule has 9 nitrogen and oxygen atoms in total. The zero-order chi connectivity index (χ0) is 17.0. The summed E-state index contributed by atoms with van der Waals surface area (Å²) in [6.45, 7) is 0. The molecule has 4 N–H and O–H groups in total. The number of nitro groups is 1. The van der Waals surface area contributed by atoms with E-state index < -0.39 is 28.0 Å². The van der Waals surface area contributed by atoms with Crippen molar-refractivity contribution in [1.82, 2.24) is 5.43 Å². The average molecular weight is 317 g/mol. The number of aromatic hydroxyl groups is 3. The molecule has 0 radical (unpaired) electrons. The number of phenols is 3. The lowest BCUT2D eigenvalue weighted by Crippen LogP contribution is -2.17. The van der Waals surface area contributed by atoms with Crippen LogP contribution in [0.4, 0.5) is 5.69 Å². The highest BCUT2D eigenvalue weighted by molar-refractivity contribution is 5.95. The number of hydrogen-bond donors (Lipinski definition) is 4. The third-order valence-corrected chi connectivity index (χ3v) is 2.82. The van der Waals surface area contributed by atoms with E-state index in [1.807, 2.05) is 0 Å². The molecule has 0 heterocycles. The maximum atomic E-state index is 11.7. The van der Waals surface area contributed by atoms with Gasteiger partial charge in [0, 0.05) is 23.3 Å². The third kappa shape index (κ3) is 3.73. The van der Waals surface area contributed by atoms with E-state index in [0.29, 0.717) is 0 Å². The summed E-state index contributed by atoms with van der Waals surface area (Å²) >= 11 is 0. The van der Waals surface area contributed by atoms with Gasteiger partial charge in [-0.3, -0.25) is 14.9 Å². The first-order valence-electron chi connectivity index (χ1n) is 6.21. The van der Waals surface area contributed by atoms with Crippen LogP contribution in [0.2, 0.25) is 0 Å². The van der Waals surface area contributed by atoms with Crippen LogP contribution in [0.5, 0.6) is 17.2 Å². The molecule has 0 unspecified atom stereocenters. The van der Waals surface area contributed by atoms with Gasteiger partial charge in [0.2, 0.25) is 0 Å². The fourth-order valence-corrected chi connectivity index (χ4v) is 1.67. The normalized spacial score (nSPS) is 10.6. The molecule has 0 aliphatic heterocycles. The molecule has 2 aromatic carbocycles. The van der Waals surface area contributed by atoms with Crippen LogP contribution in [0.1, 0.15) is 15.9 Å². The molecule has 0 aliphatic rings. The van der Waals surface area contributed by atoms with Gasteiger partial charge < -0.3 is 15.3 Å². The molecular weight excluding hydrogens is 306 g/mol. The Morgan fingerprint density at radius 3 is 2.39 bits per heavy atom. The van der Waals surface area contributed by atoms with E-state index in [0.717, 1.165) is 18.3 Å². The Balaban J connectivity index is 2.14. The van der Waals surface area contributed by atoms with Crippen molar-refractivity contribution < 1.29 is 25.0 Å². The molecule has 0 aliphatic carbocycles. The Kier molecular flexibility index (Phi) is 4.41. The maximum Gasteiger partial charge on any atom is 0.311 e. The van der Waals surface area contributed by atoms with Gasteiger partial charge in [0.1, 0.15) is 11.5 Å². The molecule has 2 rings (SSSR count). The average Bonchev–Trinajstić information content (AvgIpc) is 2.49. The topological polar surface area (TPSA) is 145 Å². The number of hydrazone groups is 1. The number of carbonyl (C=O) groups excluding carboxylic acids is 1. The second-order valence-electron chi connectivity index (χ2n) is 4.40. The van der Waals surface area contributed by atoms with Crippen molar-refractivity contribution in [3.63, 3.8) is 0 Å². The second kappa shape index (κ2) is 6.43. The third-order valence-electron chi connectivity index (χ3n) is 2.82. The van der Waals surface area contributed by atoms with Crippen molar-refractivity contribution in [2.45, 2.75) is 0 Å². The number of carbonyl (C=O) groups is 1. The lowest BCUT2D eigenvalue weighted by Gasteiger charge is -2.02. The molecule has 0 spiro atoms. The summed E-state index contributed by atoms with van der Waals surface area (Å²) in [4.78, 5) is 21.6. The fraction of sp³-hybridized carbons (Fsp3) is 0. The van der Waals surface area contributed by atoms with E-state index in [1.54, 1.807) is 0 Å². The molecule has 0 fully saturated rings. The number of phenolic OH excluding ortho intramolecular Hbond substituents is 3. The number of nitrogens with zero attached hydrogens (tertiary/aromatic N) is 2. The Morgan fingerprint density at radius 1 is 1.13 bits per heavy atom. The summed E-state index contributed by atoms with van der Waals surface area (Å²) in [5.74, 6) is -1.69. The summed E-state index contributed by atoms with van der Waals surface area (Å²) in [5.41, 5.74) is 1.74. The van der Waals surface area contributed by atoms with Gasteiger partial charge in [0.15, 0.2) is 5.75 Å². The number of amides is 1. The zero-order valence-corrected chi connectivity index (χ0v) is 11.5. The van der Waals surface area contributed by atoms with Gasteiger partial charge in [0.05, 0.1) is 11.1 Å². The van der Waals surface area contributed by atoms with Crippen molar-refractivity contribution in [3.05, 3.63) is 57.6 Å². The minimum Gasteiger partial charge on any atom is -0.508 e. The van der Waals surface area contributed by atoms with Crippen LogP contribution in [0.15, 0.2) is 41.5 Å². The predicted molar refractivity (Wildman–Crippen MR) is 79.6 cm³/mol. The van der Waals surface area contributed by atoms with E-state index in [9.17, 15) is 25.1 Å². The van der Waals surface area contributed by atoms with Gasteiger partial charge in [-0.15, -0.1) is 0 Å². The predicted octanol–water partition coefficient (Wildman–Crippen LogP) is 1.48. The highest BCUT2D eigenvalue weighted by Crippen LogP contribution is 2.31. The van der Waals surface area contributed by atoms with Gasteiger partial charge in [-0.05, 0) is 24.3 Å². The number of benzene rings is 2. The van der Waals surface area contributed by atoms with Crippen LogP contribution < -0.4 is 5.43 Å². The number of nitrogens with one attached hydrogen (secondary N) is 1. The molecule has 0 aromatic heterocycles. The number of hydrogen-bond acceptors (Lipinski definition) is 7. The second-order valence-corrected chi connectivity index (χ2v) is 4.40. The molecule has 0 saturated heterocycles. The summed E-state index contributed by atoms with van der Waals surface area (Å²) < 4.78 is 0. The molecule has 1 amide bonds. The van der Waals surface area contributed by atoms with Crippen molar-refractivity contribution >= 4 is 17.8 Å². The van der Waals surface area contributed by atoms with E-state index in [-0.39, 0.29) is 16.9 Å². The van der Waals surface area contributed by atoms with Crippen LogP contribution in [0.3, 0.4) is 0 Å². The summed E-state index contributed by atoms with van der Waals surface area (Å²) in [5, 5.41) is 42.3. The lowest BCUT2D eigenvalue weighted by molar-refractivity contribution is -0.385. The molecule has 0 saturated carbocycles. The smallest absolute Gasteiger partial charge is 0.311 e. The quantitative estimate of drug-likeness (QED) is 0.381. The van der Waals surface area contributed by atoms with Gasteiger partial charge >= 0.3 is 5.69 Å². The van der Waals surface area contributed by atoms with E-state index in [2.05, 4.69) is 10.5 Å². The molecule has 118 valence electrons. The Bertz CT molecular complexity index is 786. The lowest BCUT2D eigenvalue weighted by atomic mass is 10.2. The van der Waals surface area contributed by atoms with E-state index in [1.165, 1.54) is 24.3 Å². The van der Waals surface area contributed by atoms with Crippen LogP contribution in [-0.2, 0) is 0 Å². The highest BCUT2D eigenvalue weighted by Gasteiger charge is 2.16. The summed E-state index contributed by atoms with van der Waals surface area (Å²) in [6.07, 6.45) is 1.00. The van der Waals surface area contributed by atoms with Crippen LogP contribution in [-0.4, -0.2) is 32.4 Å². The van der Waals surface area contributed by atoms with Crippen molar-refractivity contribution in [3.8, 4) is 17.2 Å². The van der Waals surface area contributed by atoms with Crippen LogP contribution >= 0.6 is 0 Å². The Hall–Kier alpha value is -3.62. The maximum absolute atomic E-state index is 11.7. The minimum atomic E-state index is -0.818. The molecule has 2 aromatic rings.